The molecule has 244 valence electrons. The van der Waals surface area contributed by atoms with E-state index in [1.807, 2.05) is 0 Å². The summed E-state index contributed by atoms with van der Waals surface area (Å²) < 4.78 is 0. The van der Waals surface area contributed by atoms with E-state index in [1.54, 1.807) is 0 Å². The second-order valence-corrected chi connectivity index (χ2v) is 13.3. The van der Waals surface area contributed by atoms with Gasteiger partial charge >= 0.3 is 0 Å². The third-order valence-electron chi connectivity index (χ3n) is 8.92. The van der Waals surface area contributed by atoms with Crippen LogP contribution in [0.4, 0.5) is 0 Å². The highest BCUT2D eigenvalue weighted by atomic mass is 14.6. The first-order chi connectivity index (χ1) is 20.3. The molecule has 0 aromatic carbocycles. The molecule has 0 aliphatic rings. The van der Waals surface area contributed by atoms with E-state index in [9.17, 15) is 0 Å². The lowest BCUT2D eigenvalue weighted by molar-refractivity contribution is 0.480. The molecule has 0 spiro atoms. The van der Waals surface area contributed by atoms with E-state index in [2.05, 4.69) is 38.2 Å². The minimum Gasteiger partial charge on any atom is -0.328 e. The van der Waals surface area contributed by atoms with E-state index in [4.69, 9.17) is 5.73 Å². The quantitative estimate of drug-likeness (QED) is 0.0592. The Bertz CT molecular complexity index is 507. The zero-order valence-electron chi connectivity index (χ0n) is 28.8. The SMILES string of the molecule is CCCCCCCC/C=C\CCCCCCCCCCCC(N)CCCCCCCC/C=C\CCCCCCCC. The third kappa shape index (κ3) is 37.4. The van der Waals surface area contributed by atoms with Crippen molar-refractivity contribution in [3.8, 4) is 0 Å². The van der Waals surface area contributed by atoms with Gasteiger partial charge in [0.05, 0.1) is 0 Å². The van der Waals surface area contributed by atoms with Crippen molar-refractivity contribution in [1.82, 2.24) is 0 Å². The first-order valence-corrected chi connectivity index (χ1v) is 19.4. The van der Waals surface area contributed by atoms with Crippen molar-refractivity contribution in [3.63, 3.8) is 0 Å². The van der Waals surface area contributed by atoms with Gasteiger partial charge in [-0.3, -0.25) is 0 Å². The Balaban J connectivity index is 3.21. The molecule has 0 aliphatic carbocycles. The molecule has 0 fully saturated rings. The monoisotopic (exact) mass is 574 g/mol. The fourth-order valence-electron chi connectivity index (χ4n) is 5.98. The highest BCUT2D eigenvalue weighted by Crippen LogP contribution is 2.15. The standard InChI is InChI=1S/C40H79N/c1-3-5-7-9-11-13-15-17-19-21-22-23-25-27-29-31-33-35-37-39-40(41)38-36-34-32-30-28-26-24-20-18-16-14-12-10-8-6-4-2/h17-20,40H,3-16,21-39,41H2,1-2H3/b19-17-,20-18-. The first-order valence-electron chi connectivity index (χ1n) is 19.4. The summed E-state index contributed by atoms with van der Waals surface area (Å²) in [5, 5.41) is 0. The lowest BCUT2D eigenvalue weighted by Gasteiger charge is -2.11. The van der Waals surface area contributed by atoms with Crippen LogP contribution in [-0.4, -0.2) is 6.04 Å². The molecule has 1 atom stereocenters. The minimum atomic E-state index is 0.451. The molecule has 0 heterocycles. The maximum absolute atomic E-state index is 6.40. The molecule has 0 saturated carbocycles. The Hall–Kier alpha value is -0.560. The number of allylic oxidation sites excluding steroid dienone is 4. The average molecular weight is 574 g/mol. The summed E-state index contributed by atoms with van der Waals surface area (Å²) in [6.45, 7) is 4.59. The Morgan fingerprint density at radius 3 is 0.805 bits per heavy atom. The molecule has 1 heteroatoms. The van der Waals surface area contributed by atoms with Gasteiger partial charge in [0.2, 0.25) is 0 Å². The second-order valence-electron chi connectivity index (χ2n) is 13.3. The fourth-order valence-corrected chi connectivity index (χ4v) is 5.98. The van der Waals surface area contributed by atoms with Gasteiger partial charge in [-0.15, -0.1) is 0 Å². The van der Waals surface area contributed by atoms with Gasteiger partial charge in [0, 0.05) is 6.04 Å². The Labute approximate surface area is 261 Å². The predicted octanol–water partition coefficient (Wildman–Crippen LogP) is 14.3. The summed E-state index contributed by atoms with van der Waals surface area (Å²) in [5.41, 5.74) is 6.40. The van der Waals surface area contributed by atoms with Crippen molar-refractivity contribution in [2.24, 2.45) is 5.73 Å². The molecule has 41 heavy (non-hydrogen) atoms. The molecule has 1 unspecified atom stereocenters. The Kier molecular flexibility index (Phi) is 37.0. The van der Waals surface area contributed by atoms with Crippen LogP contribution >= 0.6 is 0 Å². The van der Waals surface area contributed by atoms with E-state index in [0.29, 0.717) is 6.04 Å². The van der Waals surface area contributed by atoms with E-state index >= 15 is 0 Å². The van der Waals surface area contributed by atoms with Gasteiger partial charge in [-0.05, 0) is 64.2 Å². The molecule has 0 rings (SSSR count). The van der Waals surface area contributed by atoms with Crippen LogP contribution in [-0.2, 0) is 0 Å². The van der Waals surface area contributed by atoms with Crippen molar-refractivity contribution < 1.29 is 0 Å². The number of rotatable bonds is 35. The number of hydrogen-bond acceptors (Lipinski definition) is 1. The van der Waals surface area contributed by atoms with Crippen molar-refractivity contribution in [3.05, 3.63) is 24.3 Å². The van der Waals surface area contributed by atoms with Crippen molar-refractivity contribution >= 4 is 0 Å². The molecule has 0 aromatic rings. The smallest absolute Gasteiger partial charge is 0.00388 e. The summed E-state index contributed by atoms with van der Waals surface area (Å²) in [7, 11) is 0. The Morgan fingerprint density at radius 1 is 0.317 bits per heavy atom. The normalized spacial score (nSPS) is 12.8. The molecule has 0 radical (unpaired) electrons. The van der Waals surface area contributed by atoms with Crippen LogP contribution in [0.2, 0.25) is 0 Å². The Morgan fingerprint density at radius 2 is 0.537 bits per heavy atom. The lowest BCUT2D eigenvalue weighted by Crippen LogP contribution is -2.19. The molecule has 0 aliphatic heterocycles. The van der Waals surface area contributed by atoms with Gasteiger partial charge < -0.3 is 5.73 Å². The minimum absolute atomic E-state index is 0.451. The molecule has 0 bridgehead atoms. The zero-order valence-corrected chi connectivity index (χ0v) is 28.8. The summed E-state index contributed by atoms with van der Waals surface area (Å²) >= 11 is 0. The molecule has 0 saturated heterocycles. The average Bonchev–Trinajstić information content (AvgIpc) is 2.98. The lowest BCUT2D eigenvalue weighted by atomic mass is 10.0. The van der Waals surface area contributed by atoms with Crippen molar-refractivity contribution in [2.75, 3.05) is 0 Å². The molecule has 0 amide bonds. The second kappa shape index (κ2) is 37.5. The summed E-state index contributed by atoms with van der Waals surface area (Å²) in [5.74, 6) is 0. The van der Waals surface area contributed by atoms with Crippen molar-refractivity contribution in [1.29, 1.82) is 0 Å². The fraction of sp³-hybridized carbons (Fsp3) is 0.900. The van der Waals surface area contributed by atoms with Gasteiger partial charge in [0.25, 0.3) is 0 Å². The van der Waals surface area contributed by atoms with Gasteiger partial charge in [-0.1, -0.05) is 186 Å². The third-order valence-corrected chi connectivity index (χ3v) is 8.92. The van der Waals surface area contributed by atoms with Gasteiger partial charge in [0.15, 0.2) is 0 Å². The zero-order chi connectivity index (χ0) is 29.7. The largest absolute Gasteiger partial charge is 0.328 e. The van der Waals surface area contributed by atoms with Crippen LogP contribution < -0.4 is 5.73 Å². The van der Waals surface area contributed by atoms with Crippen LogP contribution in [0.5, 0.6) is 0 Å². The number of hydrogen-bond donors (Lipinski definition) is 1. The van der Waals surface area contributed by atoms with Crippen LogP contribution in [0, 0.1) is 0 Å². The molecular weight excluding hydrogens is 494 g/mol. The maximum Gasteiger partial charge on any atom is 0.00388 e. The maximum atomic E-state index is 6.40. The van der Waals surface area contributed by atoms with Gasteiger partial charge in [-0.25, -0.2) is 0 Å². The van der Waals surface area contributed by atoms with Crippen LogP contribution in [0.3, 0.4) is 0 Å². The topological polar surface area (TPSA) is 26.0 Å². The highest BCUT2D eigenvalue weighted by Gasteiger charge is 2.02. The molecule has 0 aromatic heterocycles. The van der Waals surface area contributed by atoms with Crippen molar-refractivity contribution in [2.45, 2.75) is 232 Å². The van der Waals surface area contributed by atoms with Gasteiger partial charge in [-0.2, -0.15) is 0 Å². The van der Waals surface area contributed by atoms with Crippen LogP contribution in [0.25, 0.3) is 0 Å². The summed E-state index contributed by atoms with van der Waals surface area (Å²) in [6.07, 6.45) is 55.4. The van der Waals surface area contributed by atoms with Gasteiger partial charge in [0.1, 0.15) is 0 Å². The van der Waals surface area contributed by atoms with E-state index in [0.717, 1.165) is 0 Å². The molecule has 2 N–H and O–H groups in total. The molecule has 1 nitrogen and oxygen atoms in total. The van der Waals surface area contributed by atoms with Crippen LogP contribution in [0.15, 0.2) is 24.3 Å². The summed E-state index contributed by atoms with van der Waals surface area (Å²) in [4.78, 5) is 0. The first kappa shape index (κ1) is 40.4. The number of unbranched alkanes of at least 4 members (excludes halogenated alkanes) is 27. The predicted molar refractivity (Wildman–Crippen MR) is 190 cm³/mol. The van der Waals surface area contributed by atoms with E-state index in [1.165, 1.54) is 212 Å². The summed E-state index contributed by atoms with van der Waals surface area (Å²) in [6, 6.07) is 0.451. The van der Waals surface area contributed by atoms with E-state index < -0.39 is 0 Å². The van der Waals surface area contributed by atoms with E-state index in [-0.39, 0.29) is 0 Å². The molecular formula is C40H79N. The number of nitrogens with two attached hydrogens (primary N) is 1. The highest BCUT2D eigenvalue weighted by molar-refractivity contribution is 4.82. The van der Waals surface area contributed by atoms with Crippen LogP contribution in [0.1, 0.15) is 226 Å².